The van der Waals surface area contributed by atoms with Crippen LogP contribution in [0.15, 0.2) is 12.4 Å². The number of hydrogen-bond acceptors (Lipinski definition) is 4. The minimum Gasteiger partial charge on any atom is -0.381 e. The first-order valence-corrected chi connectivity index (χ1v) is 6.46. The van der Waals surface area contributed by atoms with Gasteiger partial charge in [-0.3, -0.25) is 15.4 Å². The number of nitrogens with two attached hydrogens (primary N) is 1. The number of hydrogen-bond donors (Lipinski definition) is 3. The lowest BCUT2D eigenvalue weighted by Crippen LogP contribution is -2.43. The Bertz CT molecular complexity index is 575. The molecule has 1 fully saturated rings. The maximum atomic E-state index is 13.8. The number of halogens is 2. The minimum atomic E-state index is -2.78. The fourth-order valence-electron chi connectivity index (χ4n) is 2.97. The van der Waals surface area contributed by atoms with E-state index in [4.69, 9.17) is 16.6 Å². The molecule has 1 aromatic rings. The maximum absolute atomic E-state index is 13.8. The van der Waals surface area contributed by atoms with Crippen molar-refractivity contribution in [3.05, 3.63) is 17.9 Å². The van der Waals surface area contributed by atoms with E-state index in [2.05, 4.69) is 4.98 Å². The second-order valence-corrected chi connectivity index (χ2v) is 6.22. The van der Waals surface area contributed by atoms with Gasteiger partial charge < -0.3 is 5.73 Å². The largest absolute Gasteiger partial charge is 0.381 e. The summed E-state index contributed by atoms with van der Waals surface area (Å²) < 4.78 is 28.9. The van der Waals surface area contributed by atoms with Gasteiger partial charge in [0.1, 0.15) is 5.84 Å². The van der Waals surface area contributed by atoms with E-state index in [1.165, 1.54) is 17.0 Å². The molecule has 1 atom stereocenters. The molecule has 1 aromatic heterocycles. The molecule has 1 heterocycles. The van der Waals surface area contributed by atoms with Gasteiger partial charge in [0.2, 0.25) is 5.92 Å². The highest BCUT2D eigenvalue weighted by Gasteiger charge is 2.46. The molecule has 110 valence electrons. The van der Waals surface area contributed by atoms with E-state index >= 15 is 0 Å². The number of nitrogens with zero attached hydrogens (tertiary/aromatic N) is 2. The first-order valence-electron chi connectivity index (χ1n) is 6.46. The van der Waals surface area contributed by atoms with E-state index in [0.717, 1.165) is 0 Å². The zero-order valence-corrected chi connectivity index (χ0v) is 11.6. The summed E-state index contributed by atoms with van der Waals surface area (Å²) >= 11 is 0. The fraction of sp³-hybridized carbons (Fsp3) is 0.615. The SMILES string of the molecule is CC1(C)CC(C(=N)n2ccnc(N)c2=N)CC(F)(F)C1. The van der Waals surface area contributed by atoms with Gasteiger partial charge in [-0.1, -0.05) is 13.8 Å². The lowest BCUT2D eigenvalue weighted by atomic mass is 9.70. The lowest BCUT2D eigenvalue weighted by molar-refractivity contribution is -0.0835. The van der Waals surface area contributed by atoms with Gasteiger partial charge in [-0.15, -0.1) is 0 Å². The standard InChI is InChI=1S/C13H19F2N5/c1-12(2)5-8(6-13(14,15)7-12)10(17)20-4-3-19-9(16)11(20)18/h3-4,8,17-18H,5-7H2,1-2H3,(H2,16,19). The predicted molar refractivity (Wildman–Crippen MR) is 71.7 cm³/mol. The monoisotopic (exact) mass is 283 g/mol. The molecule has 1 aliphatic rings. The van der Waals surface area contributed by atoms with Gasteiger partial charge >= 0.3 is 0 Å². The average Bonchev–Trinajstić information content (AvgIpc) is 2.28. The normalized spacial score (nSPS) is 24.3. The van der Waals surface area contributed by atoms with Crippen molar-refractivity contribution in [2.24, 2.45) is 11.3 Å². The van der Waals surface area contributed by atoms with Gasteiger partial charge in [-0.2, -0.15) is 0 Å². The van der Waals surface area contributed by atoms with Crippen LogP contribution in [0.25, 0.3) is 0 Å². The van der Waals surface area contributed by atoms with Crippen LogP contribution in [0, 0.1) is 22.2 Å². The summed E-state index contributed by atoms with van der Waals surface area (Å²) in [6.07, 6.45) is 2.76. The second-order valence-electron chi connectivity index (χ2n) is 6.22. The molecule has 0 bridgehead atoms. The van der Waals surface area contributed by atoms with E-state index in [0.29, 0.717) is 6.42 Å². The molecule has 5 nitrogen and oxygen atoms in total. The Hall–Kier alpha value is -1.79. The van der Waals surface area contributed by atoms with Gasteiger partial charge in [0, 0.05) is 31.2 Å². The Kier molecular flexibility index (Phi) is 3.39. The van der Waals surface area contributed by atoms with Gasteiger partial charge in [-0.05, 0) is 11.8 Å². The highest BCUT2D eigenvalue weighted by Crippen LogP contribution is 2.46. The average molecular weight is 283 g/mol. The number of anilines is 1. The van der Waals surface area contributed by atoms with Crippen molar-refractivity contribution in [2.45, 2.75) is 39.0 Å². The molecule has 1 saturated carbocycles. The summed E-state index contributed by atoms with van der Waals surface area (Å²) in [7, 11) is 0. The van der Waals surface area contributed by atoms with Gasteiger partial charge in [0.05, 0.1) is 0 Å². The van der Waals surface area contributed by atoms with Crippen LogP contribution < -0.4 is 11.2 Å². The Morgan fingerprint density at radius 2 is 2.10 bits per heavy atom. The van der Waals surface area contributed by atoms with E-state index in [1.54, 1.807) is 13.8 Å². The molecular formula is C13H19F2N5. The van der Waals surface area contributed by atoms with Crippen molar-refractivity contribution in [1.29, 1.82) is 10.8 Å². The molecule has 2 rings (SSSR count). The van der Waals surface area contributed by atoms with Crippen LogP contribution in [-0.2, 0) is 0 Å². The summed E-state index contributed by atoms with van der Waals surface area (Å²) in [4.78, 5) is 3.75. The first-order chi connectivity index (χ1) is 9.11. The second kappa shape index (κ2) is 4.64. The van der Waals surface area contributed by atoms with Gasteiger partial charge in [-0.25, -0.2) is 13.8 Å². The molecule has 1 unspecified atom stereocenters. The van der Waals surface area contributed by atoms with Crippen LogP contribution in [0.4, 0.5) is 14.6 Å². The van der Waals surface area contributed by atoms with Crippen LogP contribution in [0.3, 0.4) is 0 Å². The van der Waals surface area contributed by atoms with Crippen molar-refractivity contribution < 1.29 is 8.78 Å². The van der Waals surface area contributed by atoms with Crippen molar-refractivity contribution in [3.63, 3.8) is 0 Å². The Balaban J connectivity index is 2.34. The van der Waals surface area contributed by atoms with Gasteiger partial charge in [0.25, 0.3) is 0 Å². The Morgan fingerprint density at radius 1 is 1.45 bits per heavy atom. The van der Waals surface area contributed by atoms with Crippen LogP contribution in [0.2, 0.25) is 0 Å². The minimum absolute atomic E-state index is 0.0147. The highest BCUT2D eigenvalue weighted by atomic mass is 19.3. The molecule has 0 aliphatic heterocycles. The zero-order valence-electron chi connectivity index (χ0n) is 11.6. The maximum Gasteiger partial charge on any atom is 0.249 e. The molecule has 7 heteroatoms. The molecule has 0 spiro atoms. The summed E-state index contributed by atoms with van der Waals surface area (Å²) in [6, 6.07) is 0. The number of nitrogen functional groups attached to an aromatic ring is 1. The van der Waals surface area contributed by atoms with Crippen molar-refractivity contribution >= 4 is 11.7 Å². The molecule has 0 aromatic carbocycles. The topological polar surface area (TPSA) is 91.5 Å². The lowest BCUT2D eigenvalue weighted by Gasteiger charge is -2.40. The molecule has 0 radical (unpaired) electrons. The third-order valence-electron chi connectivity index (χ3n) is 3.64. The van der Waals surface area contributed by atoms with E-state index < -0.39 is 17.3 Å². The summed E-state index contributed by atoms with van der Waals surface area (Å²) in [5.74, 6) is -3.40. The Morgan fingerprint density at radius 3 is 2.70 bits per heavy atom. The molecule has 4 N–H and O–H groups in total. The van der Waals surface area contributed by atoms with Crippen LogP contribution in [-0.4, -0.2) is 21.3 Å². The van der Waals surface area contributed by atoms with E-state index in [1.807, 2.05) is 0 Å². The zero-order chi connectivity index (χ0) is 15.1. The van der Waals surface area contributed by atoms with Crippen LogP contribution in [0.1, 0.15) is 33.1 Å². The Labute approximate surface area is 115 Å². The fourth-order valence-corrected chi connectivity index (χ4v) is 2.97. The van der Waals surface area contributed by atoms with Crippen LogP contribution in [0.5, 0.6) is 0 Å². The molecule has 1 aliphatic carbocycles. The van der Waals surface area contributed by atoms with Gasteiger partial charge in [0.15, 0.2) is 11.3 Å². The number of alkyl halides is 2. The highest BCUT2D eigenvalue weighted by molar-refractivity contribution is 5.84. The molecule has 0 saturated heterocycles. The summed E-state index contributed by atoms with van der Waals surface area (Å²) in [6.45, 7) is 3.57. The third-order valence-corrected chi connectivity index (χ3v) is 3.64. The molecule has 20 heavy (non-hydrogen) atoms. The van der Waals surface area contributed by atoms with E-state index in [9.17, 15) is 8.78 Å². The quantitative estimate of drug-likeness (QED) is 0.545. The van der Waals surface area contributed by atoms with Crippen LogP contribution >= 0.6 is 0 Å². The number of nitrogens with one attached hydrogen (secondary N) is 2. The van der Waals surface area contributed by atoms with Crippen molar-refractivity contribution in [2.75, 3.05) is 5.73 Å². The molecule has 0 amide bonds. The van der Waals surface area contributed by atoms with Crippen molar-refractivity contribution in [3.8, 4) is 0 Å². The predicted octanol–water partition coefficient (Wildman–Crippen LogP) is 2.23. The summed E-state index contributed by atoms with van der Waals surface area (Å²) in [5.41, 5.74) is 4.87. The summed E-state index contributed by atoms with van der Waals surface area (Å²) in [5, 5.41) is 15.9. The van der Waals surface area contributed by atoms with E-state index in [-0.39, 0.29) is 30.0 Å². The first kappa shape index (κ1) is 14.6. The third kappa shape index (κ3) is 2.86. The molecular weight excluding hydrogens is 264 g/mol. The number of rotatable bonds is 1. The number of aromatic nitrogens is 2. The smallest absolute Gasteiger partial charge is 0.249 e. The van der Waals surface area contributed by atoms with Crippen molar-refractivity contribution in [1.82, 2.24) is 9.55 Å².